The summed E-state index contributed by atoms with van der Waals surface area (Å²) in [6.07, 6.45) is 0. The van der Waals surface area contributed by atoms with Gasteiger partial charge in [-0.3, -0.25) is 0 Å². The zero-order chi connectivity index (χ0) is 12.3. The molecule has 0 aliphatic carbocycles. The first-order valence-corrected chi connectivity index (χ1v) is 5.99. The third kappa shape index (κ3) is 2.55. The molecule has 0 N–H and O–H groups in total. The number of rotatable bonds is 3. The maximum absolute atomic E-state index is 11.7. The third-order valence-electron chi connectivity index (χ3n) is 2.16. The van der Waals surface area contributed by atoms with Gasteiger partial charge in [0.15, 0.2) is 5.69 Å². The zero-order valence-electron chi connectivity index (χ0n) is 9.26. The van der Waals surface area contributed by atoms with Gasteiger partial charge in [-0.2, -0.15) is 5.10 Å². The highest BCUT2D eigenvalue weighted by atomic mass is 79.9. The Balaban J connectivity index is 2.44. The third-order valence-corrected chi connectivity index (χ3v) is 2.55. The van der Waals surface area contributed by atoms with E-state index in [1.807, 2.05) is 30.3 Å². The van der Waals surface area contributed by atoms with E-state index in [4.69, 9.17) is 4.74 Å². The number of ether oxygens (including phenoxy) is 1. The Morgan fingerprint density at radius 1 is 1.41 bits per heavy atom. The number of aromatic nitrogens is 2. The smallest absolute Gasteiger partial charge is 0.357 e. The van der Waals surface area contributed by atoms with Crippen molar-refractivity contribution in [2.75, 3.05) is 6.61 Å². The predicted octanol–water partition coefficient (Wildman–Crippen LogP) is 2.81. The van der Waals surface area contributed by atoms with E-state index < -0.39 is 0 Å². The average molecular weight is 295 g/mol. The van der Waals surface area contributed by atoms with Crippen molar-refractivity contribution in [3.63, 3.8) is 0 Å². The van der Waals surface area contributed by atoms with Gasteiger partial charge in [0.1, 0.15) is 4.60 Å². The first-order chi connectivity index (χ1) is 8.22. The number of para-hydroxylation sites is 1. The Hall–Kier alpha value is -1.62. The number of hydrogen-bond donors (Lipinski definition) is 0. The largest absolute Gasteiger partial charge is 0.461 e. The molecule has 0 spiro atoms. The molecule has 5 heteroatoms. The number of hydrogen-bond acceptors (Lipinski definition) is 3. The number of carbonyl (C=O) groups excluding carboxylic acids is 1. The van der Waals surface area contributed by atoms with Gasteiger partial charge in [-0.15, -0.1) is 0 Å². The number of halogens is 1. The summed E-state index contributed by atoms with van der Waals surface area (Å²) in [6, 6.07) is 11.1. The SMILES string of the molecule is CCOC(=O)c1cc(Br)nn1-c1ccccc1. The molecule has 2 rings (SSSR count). The summed E-state index contributed by atoms with van der Waals surface area (Å²) in [5.74, 6) is -0.380. The molecule has 0 amide bonds. The van der Waals surface area contributed by atoms with Gasteiger partial charge in [-0.1, -0.05) is 18.2 Å². The standard InChI is InChI=1S/C12H11BrN2O2/c1-2-17-12(16)10-8-11(13)14-15(10)9-6-4-3-5-7-9/h3-8H,2H2,1H3. The number of benzene rings is 1. The van der Waals surface area contributed by atoms with Crippen molar-refractivity contribution in [3.05, 3.63) is 46.7 Å². The summed E-state index contributed by atoms with van der Waals surface area (Å²) in [5, 5.41) is 4.22. The van der Waals surface area contributed by atoms with E-state index in [2.05, 4.69) is 21.0 Å². The molecule has 0 saturated heterocycles. The maximum atomic E-state index is 11.7. The van der Waals surface area contributed by atoms with E-state index in [-0.39, 0.29) is 5.97 Å². The van der Waals surface area contributed by atoms with Crippen molar-refractivity contribution in [1.82, 2.24) is 9.78 Å². The van der Waals surface area contributed by atoms with Gasteiger partial charge in [0.25, 0.3) is 0 Å². The Morgan fingerprint density at radius 2 is 2.12 bits per heavy atom. The highest BCUT2D eigenvalue weighted by Crippen LogP contribution is 2.16. The van der Waals surface area contributed by atoms with Gasteiger partial charge in [0.05, 0.1) is 12.3 Å². The van der Waals surface area contributed by atoms with Gasteiger partial charge < -0.3 is 4.74 Å². The van der Waals surface area contributed by atoms with Crippen LogP contribution in [0.3, 0.4) is 0 Å². The molecule has 4 nitrogen and oxygen atoms in total. The number of nitrogens with zero attached hydrogens (tertiary/aromatic N) is 2. The summed E-state index contributed by atoms with van der Waals surface area (Å²) >= 11 is 3.26. The second-order valence-corrected chi connectivity index (χ2v) is 4.13. The summed E-state index contributed by atoms with van der Waals surface area (Å²) in [4.78, 5) is 11.7. The van der Waals surface area contributed by atoms with Gasteiger partial charge in [0.2, 0.25) is 0 Å². The van der Waals surface area contributed by atoms with Crippen LogP contribution in [-0.4, -0.2) is 22.4 Å². The van der Waals surface area contributed by atoms with Crippen LogP contribution in [0, 0.1) is 0 Å². The Kier molecular flexibility index (Phi) is 3.58. The minimum atomic E-state index is -0.380. The Labute approximate surface area is 107 Å². The topological polar surface area (TPSA) is 44.1 Å². The number of carbonyl (C=O) groups is 1. The molecule has 1 aromatic carbocycles. The van der Waals surface area contributed by atoms with Crippen LogP contribution in [0.15, 0.2) is 41.0 Å². The van der Waals surface area contributed by atoms with E-state index in [0.717, 1.165) is 5.69 Å². The van der Waals surface area contributed by atoms with E-state index in [9.17, 15) is 4.79 Å². The normalized spacial score (nSPS) is 10.2. The molecule has 1 heterocycles. The molecule has 0 aliphatic rings. The van der Waals surface area contributed by atoms with Crippen LogP contribution in [-0.2, 0) is 4.74 Å². The van der Waals surface area contributed by atoms with Crippen LogP contribution >= 0.6 is 15.9 Å². The van der Waals surface area contributed by atoms with Crippen LogP contribution < -0.4 is 0 Å². The minimum absolute atomic E-state index is 0.344. The molecule has 0 atom stereocenters. The summed E-state index contributed by atoms with van der Waals surface area (Å²) in [7, 11) is 0. The minimum Gasteiger partial charge on any atom is -0.461 e. The molecule has 0 saturated carbocycles. The molecular formula is C12H11BrN2O2. The van der Waals surface area contributed by atoms with Gasteiger partial charge >= 0.3 is 5.97 Å². The highest BCUT2D eigenvalue weighted by Gasteiger charge is 2.16. The van der Waals surface area contributed by atoms with Crippen molar-refractivity contribution in [1.29, 1.82) is 0 Å². The summed E-state index contributed by atoms with van der Waals surface area (Å²) < 4.78 is 7.14. The summed E-state index contributed by atoms with van der Waals surface area (Å²) in [5.41, 5.74) is 1.23. The second kappa shape index (κ2) is 5.14. The predicted molar refractivity (Wildman–Crippen MR) is 67.2 cm³/mol. The van der Waals surface area contributed by atoms with Crippen molar-refractivity contribution in [3.8, 4) is 5.69 Å². The van der Waals surface area contributed by atoms with Crippen LogP contribution in [0.2, 0.25) is 0 Å². The van der Waals surface area contributed by atoms with Crippen LogP contribution in [0.4, 0.5) is 0 Å². The van der Waals surface area contributed by atoms with Gasteiger partial charge in [0, 0.05) is 6.07 Å². The quantitative estimate of drug-likeness (QED) is 0.818. The van der Waals surface area contributed by atoms with E-state index in [1.165, 1.54) is 0 Å². The molecule has 88 valence electrons. The Morgan fingerprint density at radius 3 is 2.76 bits per heavy atom. The fourth-order valence-electron chi connectivity index (χ4n) is 1.47. The van der Waals surface area contributed by atoms with Crippen molar-refractivity contribution >= 4 is 21.9 Å². The van der Waals surface area contributed by atoms with Gasteiger partial charge in [-0.05, 0) is 35.0 Å². The molecule has 0 fully saturated rings. The molecule has 0 unspecified atom stereocenters. The second-order valence-electron chi connectivity index (χ2n) is 3.32. The lowest BCUT2D eigenvalue weighted by Gasteiger charge is -2.06. The van der Waals surface area contributed by atoms with E-state index >= 15 is 0 Å². The molecule has 0 bridgehead atoms. The summed E-state index contributed by atoms with van der Waals surface area (Å²) in [6.45, 7) is 2.12. The maximum Gasteiger partial charge on any atom is 0.357 e. The average Bonchev–Trinajstić information content (AvgIpc) is 2.73. The van der Waals surface area contributed by atoms with Crippen molar-refractivity contribution < 1.29 is 9.53 Å². The lowest BCUT2D eigenvalue weighted by atomic mass is 10.3. The lowest BCUT2D eigenvalue weighted by Crippen LogP contribution is -2.11. The Bertz CT molecular complexity index is 523. The molecular weight excluding hydrogens is 284 g/mol. The van der Waals surface area contributed by atoms with Crippen LogP contribution in [0.1, 0.15) is 17.4 Å². The lowest BCUT2D eigenvalue weighted by molar-refractivity contribution is 0.0516. The zero-order valence-corrected chi connectivity index (χ0v) is 10.8. The van der Waals surface area contributed by atoms with Gasteiger partial charge in [-0.25, -0.2) is 9.48 Å². The fraction of sp³-hybridized carbons (Fsp3) is 0.167. The van der Waals surface area contributed by atoms with E-state index in [0.29, 0.717) is 16.9 Å². The molecule has 0 radical (unpaired) electrons. The van der Waals surface area contributed by atoms with Crippen LogP contribution in [0.25, 0.3) is 5.69 Å². The molecule has 1 aromatic heterocycles. The monoisotopic (exact) mass is 294 g/mol. The molecule has 2 aromatic rings. The highest BCUT2D eigenvalue weighted by molar-refractivity contribution is 9.10. The van der Waals surface area contributed by atoms with Crippen LogP contribution in [0.5, 0.6) is 0 Å². The number of esters is 1. The van der Waals surface area contributed by atoms with E-state index in [1.54, 1.807) is 17.7 Å². The van der Waals surface area contributed by atoms with Crippen molar-refractivity contribution in [2.24, 2.45) is 0 Å². The fourth-order valence-corrected chi connectivity index (χ4v) is 1.84. The van der Waals surface area contributed by atoms with Crippen molar-refractivity contribution in [2.45, 2.75) is 6.92 Å². The molecule has 0 aliphatic heterocycles. The first kappa shape index (κ1) is 11.9. The molecule has 17 heavy (non-hydrogen) atoms. The first-order valence-electron chi connectivity index (χ1n) is 5.20.